The monoisotopic (exact) mass is 158 g/mol. The van der Waals surface area contributed by atoms with E-state index < -0.39 is 0 Å². The highest BCUT2D eigenvalue weighted by Crippen LogP contribution is 1.91. The van der Waals surface area contributed by atoms with Crippen molar-refractivity contribution in [3.8, 4) is 0 Å². The first-order valence-electron chi connectivity index (χ1n) is 2.55. The van der Waals surface area contributed by atoms with Crippen LogP contribution in [0.5, 0.6) is 0 Å². The summed E-state index contributed by atoms with van der Waals surface area (Å²) in [6, 6.07) is 4.04. The smallest absolute Gasteiger partial charge is 0.00934 e. The van der Waals surface area contributed by atoms with E-state index >= 15 is 0 Å². The van der Waals surface area contributed by atoms with Crippen LogP contribution in [0.15, 0.2) is 34.4 Å². The third-order valence-electron chi connectivity index (χ3n) is 0.425. The van der Waals surface area contributed by atoms with Crippen LogP contribution in [0, 0.1) is 0 Å². The largest absolute Gasteiger partial charge is 0.152 e. The maximum absolute atomic E-state index is 3.77. The van der Waals surface area contributed by atoms with Crippen LogP contribution in [0.2, 0.25) is 0 Å². The van der Waals surface area contributed by atoms with Crippen molar-refractivity contribution in [3.05, 3.63) is 34.4 Å². The number of thiol groups is 1. The molecule has 0 radical (unpaired) electrons. The Morgan fingerprint density at radius 3 is 1.89 bits per heavy atom. The number of hydrogen-bond acceptors (Lipinski definition) is 2. The highest BCUT2D eigenvalue weighted by Gasteiger charge is 1.58. The molecule has 1 rings (SSSR count). The van der Waals surface area contributed by atoms with E-state index in [0.29, 0.717) is 0 Å². The number of thiophene rings is 1. The van der Waals surface area contributed by atoms with Crippen molar-refractivity contribution < 1.29 is 0 Å². The second kappa shape index (κ2) is 5.92. The molecule has 0 unspecified atom stereocenters. The fraction of sp³-hybridized carbons (Fsp3) is 0.143. The summed E-state index contributed by atoms with van der Waals surface area (Å²) < 4.78 is 0. The van der Waals surface area contributed by atoms with Crippen LogP contribution in [-0.2, 0) is 0 Å². The third-order valence-corrected chi connectivity index (χ3v) is 1.05. The SMILES string of the molecule is C=C(C)S.c1ccsc1. The second-order valence-corrected chi connectivity index (χ2v) is 3.11. The van der Waals surface area contributed by atoms with Gasteiger partial charge in [-0.2, -0.15) is 11.3 Å². The number of rotatable bonds is 0. The topological polar surface area (TPSA) is 0 Å². The van der Waals surface area contributed by atoms with E-state index in [-0.39, 0.29) is 0 Å². The molecule has 0 aliphatic rings. The van der Waals surface area contributed by atoms with E-state index in [1.54, 1.807) is 11.3 Å². The average molecular weight is 158 g/mol. The fourth-order valence-electron chi connectivity index (χ4n) is 0.227. The van der Waals surface area contributed by atoms with Gasteiger partial charge in [0.05, 0.1) is 0 Å². The average Bonchev–Trinajstić information content (AvgIpc) is 2.11. The molecular formula is C7H10S2. The van der Waals surface area contributed by atoms with Crippen molar-refractivity contribution in [3.63, 3.8) is 0 Å². The van der Waals surface area contributed by atoms with Crippen LogP contribution in [0.4, 0.5) is 0 Å². The van der Waals surface area contributed by atoms with Crippen LogP contribution in [0.25, 0.3) is 0 Å². The van der Waals surface area contributed by atoms with E-state index in [2.05, 4.69) is 19.2 Å². The molecule has 0 aliphatic heterocycles. The van der Waals surface area contributed by atoms with Crippen LogP contribution in [0.1, 0.15) is 6.92 Å². The van der Waals surface area contributed by atoms with Crippen molar-refractivity contribution in [2.24, 2.45) is 0 Å². The minimum atomic E-state index is 0.861. The van der Waals surface area contributed by atoms with Gasteiger partial charge in [-0.3, -0.25) is 0 Å². The van der Waals surface area contributed by atoms with Crippen molar-refractivity contribution in [2.75, 3.05) is 0 Å². The van der Waals surface area contributed by atoms with Crippen LogP contribution in [0.3, 0.4) is 0 Å². The molecule has 1 aromatic rings. The first-order chi connectivity index (χ1) is 4.23. The summed E-state index contributed by atoms with van der Waals surface area (Å²) in [7, 11) is 0. The summed E-state index contributed by atoms with van der Waals surface area (Å²) >= 11 is 5.48. The van der Waals surface area contributed by atoms with Crippen molar-refractivity contribution in [1.82, 2.24) is 0 Å². The molecule has 0 atom stereocenters. The maximum Gasteiger partial charge on any atom is -0.00934 e. The van der Waals surface area contributed by atoms with E-state index in [4.69, 9.17) is 0 Å². The molecule has 1 aromatic heterocycles. The Hall–Kier alpha value is -0.210. The van der Waals surface area contributed by atoms with E-state index in [9.17, 15) is 0 Å². The Kier molecular flexibility index (Phi) is 5.78. The summed E-state index contributed by atoms with van der Waals surface area (Å²) in [6.07, 6.45) is 0. The Morgan fingerprint density at radius 1 is 1.44 bits per heavy atom. The first kappa shape index (κ1) is 8.79. The van der Waals surface area contributed by atoms with E-state index in [1.165, 1.54) is 0 Å². The van der Waals surface area contributed by atoms with Crippen molar-refractivity contribution in [1.29, 1.82) is 0 Å². The molecule has 0 aromatic carbocycles. The van der Waals surface area contributed by atoms with Gasteiger partial charge in [0.15, 0.2) is 0 Å². The molecular weight excluding hydrogens is 148 g/mol. The molecule has 9 heavy (non-hydrogen) atoms. The molecule has 0 nitrogen and oxygen atoms in total. The minimum absolute atomic E-state index is 0.861. The van der Waals surface area contributed by atoms with Gasteiger partial charge >= 0.3 is 0 Å². The molecule has 0 fully saturated rings. The predicted molar refractivity (Wildman–Crippen MR) is 48.1 cm³/mol. The molecule has 2 heteroatoms. The first-order valence-corrected chi connectivity index (χ1v) is 3.94. The van der Waals surface area contributed by atoms with E-state index in [0.717, 1.165) is 4.91 Å². The molecule has 0 saturated heterocycles. The Morgan fingerprint density at radius 2 is 1.78 bits per heavy atom. The lowest BCUT2D eigenvalue weighted by Crippen LogP contribution is -1.35. The lowest BCUT2D eigenvalue weighted by atomic mass is 10.7. The third kappa shape index (κ3) is 11.4. The number of hydrogen-bond donors (Lipinski definition) is 1. The number of allylic oxidation sites excluding steroid dienone is 1. The Labute approximate surface area is 65.6 Å². The van der Waals surface area contributed by atoms with Gasteiger partial charge in [-0.1, -0.05) is 18.7 Å². The molecule has 0 amide bonds. The predicted octanol–water partition coefficient (Wildman–Crippen LogP) is 3.20. The Balaban J connectivity index is 0.000000148. The van der Waals surface area contributed by atoms with Gasteiger partial charge in [0.25, 0.3) is 0 Å². The lowest BCUT2D eigenvalue weighted by Gasteiger charge is -1.64. The Bertz CT molecular complexity index is 121. The van der Waals surface area contributed by atoms with Crippen molar-refractivity contribution in [2.45, 2.75) is 6.92 Å². The molecule has 0 bridgehead atoms. The zero-order valence-electron chi connectivity index (χ0n) is 5.37. The summed E-state index contributed by atoms with van der Waals surface area (Å²) in [5, 5.41) is 4.08. The molecule has 0 saturated carbocycles. The highest BCUT2D eigenvalue weighted by molar-refractivity contribution is 7.84. The fourth-order valence-corrected chi connectivity index (χ4v) is 0.680. The summed E-state index contributed by atoms with van der Waals surface area (Å²) in [5.41, 5.74) is 0. The van der Waals surface area contributed by atoms with Crippen molar-refractivity contribution >= 4 is 24.0 Å². The van der Waals surface area contributed by atoms with Crippen LogP contribution >= 0.6 is 24.0 Å². The summed E-state index contributed by atoms with van der Waals surface area (Å²) in [5.74, 6) is 0. The van der Waals surface area contributed by atoms with Gasteiger partial charge in [-0.05, 0) is 22.6 Å². The van der Waals surface area contributed by atoms with Gasteiger partial charge in [-0.15, -0.1) is 12.6 Å². The summed E-state index contributed by atoms with van der Waals surface area (Å²) in [6.45, 7) is 5.26. The van der Waals surface area contributed by atoms with Crippen LogP contribution in [-0.4, -0.2) is 0 Å². The molecule has 0 spiro atoms. The van der Waals surface area contributed by atoms with Crippen LogP contribution < -0.4 is 0 Å². The zero-order chi connectivity index (χ0) is 7.11. The second-order valence-electron chi connectivity index (χ2n) is 1.53. The molecule has 0 aliphatic carbocycles. The van der Waals surface area contributed by atoms with Gasteiger partial charge in [-0.25, -0.2) is 0 Å². The quantitative estimate of drug-likeness (QED) is 0.551. The normalized spacial score (nSPS) is 7.33. The van der Waals surface area contributed by atoms with Gasteiger partial charge in [0.1, 0.15) is 0 Å². The minimum Gasteiger partial charge on any atom is -0.152 e. The zero-order valence-corrected chi connectivity index (χ0v) is 7.08. The lowest BCUT2D eigenvalue weighted by molar-refractivity contribution is 1.74. The van der Waals surface area contributed by atoms with Gasteiger partial charge in [0.2, 0.25) is 0 Å². The standard InChI is InChI=1S/C4H4S.C3H6S/c1-2-4-5-3-1;1-3(2)4/h1-4H;4H,1H2,2H3. The maximum atomic E-state index is 3.77. The molecule has 50 valence electrons. The summed E-state index contributed by atoms with van der Waals surface area (Å²) in [4.78, 5) is 0.861. The molecule has 0 N–H and O–H groups in total. The van der Waals surface area contributed by atoms with Gasteiger partial charge in [0, 0.05) is 0 Å². The van der Waals surface area contributed by atoms with E-state index in [1.807, 2.05) is 29.8 Å². The molecule has 1 heterocycles. The van der Waals surface area contributed by atoms with Gasteiger partial charge < -0.3 is 0 Å². The highest BCUT2D eigenvalue weighted by atomic mass is 32.1.